The zero-order valence-corrected chi connectivity index (χ0v) is 14.3. The molecule has 0 atom stereocenters. The summed E-state index contributed by atoms with van der Waals surface area (Å²) in [5.74, 6) is -11.8. The van der Waals surface area contributed by atoms with Crippen LogP contribution in [0.1, 0.15) is 24.0 Å². The highest BCUT2D eigenvalue weighted by Gasteiger charge is 2.43. The number of sulfonamides is 1. The maximum Gasteiger partial charge on any atom is 0.249 e. The molecule has 0 saturated heterocycles. The van der Waals surface area contributed by atoms with E-state index in [0.717, 1.165) is 0 Å². The van der Waals surface area contributed by atoms with Gasteiger partial charge in [-0.15, -0.1) is 0 Å². The summed E-state index contributed by atoms with van der Waals surface area (Å²) >= 11 is 0. The lowest BCUT2D eigenvalue weighted by molar-refractivity contribution is 0.346. The van der Waals surface area contributed by atoms with E-state index in [9.17, 15) is 30.4 Å². The van der Waals surface area contributed by atoms with Crippen molar-refractivity contribution in [2.75, 3.05) is 0 Å². The maximum absolute atomic E-state index is 14.0. The second-order valence-electron chi connectivity index (χ2n) is 5.99. The summed E-state index contributed by atoms with van der Waals surface area (Å²) in [5, 5.41) is 8.78. The predicted octanol–water partition coefficient (Wildman–Crippen LogP) is 3.61. The molecule has 1 aliphatic carbocycles. The number of rotatable bonds is 5. The molecule has 1 fully saturated rings. The van der Waals surface area contributed by atoms with Crippen molar-refractivity contribution in [2.24, 2.45) is 0 Å². The van der Waals surface area contributed by atoms with Crippen molar-refractivity contribution in [3.63, 3.8) is 0 Å². The summed E-state index contributed by atoms with van der Waals surface area (Å²) in [6, 6.07) is 7.01. The van der Waals surface area contributed by atoms with E-state index in [-0.39, 0.29) is 6.54 Å². The molecule has 142 valence electrons. The van der Waals surface area contributed by atoms with E-state index in [1.165, 1.54) is 24.3 Å². The van der Waals surface area contributed by atoms with Crippen molar-refractivity contribution in [1.29, 1.82) is 5.26 Å². The lowest BCUT2D eigenvalue weighted by atomic mass is 10.1. The third-order valence-electron chi connectivity index (χ3n) is 4.11. The van der Waals surface area contributed by atoms with Gasteiger partial charge in [-0.1, -0.05) is 12.1 Å². The fraction of sp³-hybridized carbons (Fsp3) is 0.235. The Morgan fingerprint density at radius 3 is 1.85 bits per heavy atom. The topological polar surface area (TPSA) is 61.2 Å². The molecular formula is C17H11F5N2O2S. The fourth-order valence-electron chi connectivity index (χ4n) is 2.57. The fourth-order valence-corrected chi connectivity index (χ4v) is 4.35. The highest BCUT2D eigenvalue weighted by Crippen LogP contribution is 2.36. The summed E-state index contributed by atoms with van der Waals surface area (Å²) in [6.07, 6.45) is 0.788. The molecule has 2 aromatic rings. The molecule has 0 aromatic heterocycles. The van der Waals surface area contributed by atoms with Gasteiger partial charge in [0.05, 0.1) is 11.6 Å². The molecule has 1 aliphatic rings. The average Bonchev–Trinajstić information content (AvgIpc) is 3.48. The van der Waals surface area contributed by atoms with Gasteiger partial charge in [-0.2, -0.15) is 9.57 Å². The number of halogens is 5. The van der Waals surface area contributed by atoms with Crippen LogP contribution in [0.25, 0.3) is 0 Å². The molecule has 2 aromatic carbocycles. The van der Waals surface area contributed by atoms with Crippen LogP contribution in [-0.2, 0) is 16.6 Å². The molecule has 1 saturated carbocycles. The molecule has 0 heterocycles. The van der Waals surface area contributed by atoms with Crippen LogP contribution in [-0.4, -0.2) is 18.8 Å². The van der Waals surface area contributed by atoms with Crippen LogP contribution >= 0.6 is 0 Å². The van der Waals surface area contributed by atoms with E-state index >= 15 is 0 Å². The second kappa shape index (κ2) is 6.90. The van der Waals surface area contributed by atoms with Gasteiger partial charge in [0.2, 0.25) is 15.8 Å². The Kier molecular flexibility index (Phi) is 4.92. The number of nitrogens with zero attached hydrogens (tertiary/aromatic N) is 2. The van der Waals surface area contributed by atoms with Crippen LogP contribution in [0, 0.1) is 40.4 Å². The Labute approximate surface area is 151 Å². The quantitative estimate of drug-likeness (QED) is 0.436. The van der Waals surface area contributed by atoms with Gasteiger partial charge in [-0.25, -0.2) is 30.4 Å². The molecule has 0 amide bonds. The zero-order chi connectivity index (χ0) is 19.9. The molecule has 0 unspecified atom stereocenters. The van der Waals surface area contributed by atoms with Gasteiger partial charge in [0.1, 0.15) is 0 Å². The number of benzene rings is 2. The van der Waals surface area contributed by atoms with E-state index in [1.807, 2.05) is 6.07 Å². The molecule has 4 nitrogen and oxygen atoms in total. The first kappa shape index (κ1) is 19.3. The number of nitriles is 1. The normalized spacial score (nSPS) is 14.4. The summed E-state index contributed by atoms with van der Waals surface area (Å²) in [6.45, 7) is -0.335. The Morgan fingerprint density at radius 2 is 1.41 bits per heavy atom. The molecular weight excluding hydrogens is 391 g/mol. The third-order valence-corrected chi connectivity index (χ3v) is 6.03. The second-order valence-corrected chi connectivity index (χ2v) is 7.82. The molecule has 0 spiro atoms. The van der Waals surface area contributed by atoms with Crippen LogP contribution in [0.2, 0.25) is 0 Å². The smallest absolute Gasteiger partial charge is 0.207 e. The first-order valence-electron chi connectivity index (χ1n) is 7.70. The maximum atomic E-state index is 14.0. The van der Waals surface area contributed by atoms with Crippen LogP contribution in [0.5, 0.6) is 0 Å². The van der Waals surface area contributed by atoms with Crippen LogP contribution < -0.4 is 0 Å². The zero-order valence-electron chi connectivity index (χ0n) is 13.5. The van der Waals surface area contributed by atoms with E-state index in [2.05, 4.69) is 0 Å². The van der Waals surface area contributed by atoms with Crippen molar-refractivity contribution >= 4 is 10.0 Å². The Bertz CT molecular complexity index is 1020. The predicted molar refractivity (Wildman–Crippen MR) is 83.1 cm³/mol. The lowest BCUT2D eigenvalue weighted by Gasteiger charge is -2.23. The van der Waals surface area contributed by atoms with E-state index in [4.69, 9.17) is 5.26 Å². The molecule has 0 bridgehead atoms. The summed E-state index contributed by atoms with van der Waals surface area (Å²) in [4.78, 5) is -1.86. The van der Waals surface area contributed by atoms with Crippen LogP contribution in [0.4, 0.5) is 22.0 Å². The van der Waals surface area contributed by atoms with Crippen LogP contribution in [0.3, 0.4) is 0 Å². The van der Waals surface area contributed by atoms with Crippen molar-refractivity contribution in [2.45, 2.75) is 30.3 Å². The van der Waals surface area contributed by atoms with Gasteiger partial charge in [0, 0.05) is 12.6 Å². The summed E-state index contributed by atoms with van der Waals surface area (Å²) < 4.78 is 94.3. The van der Waals surface area contributed by atoms with Gasteiger partial charge in [0.25, 0.3) is 0 Å². The van der Waals surface area contributed by atoms with Gasteiger partial charge >= 0.3 is 0 Å². The Balaban J connectivity index is 2.07. The van der Waals surface area contributed by atoms with Gasteiger partial charge < -0.3 is 0 Å². The van der Waals surface area contributed by atoms with E-state index < -0.39 is 50.0 Å². The monoisotopic (exact) mass is 402 g/mol. The third kappa shape index (κ3) is 3.40. The molecule has 27 heavy (non-hydrogen) atoms. The standard InChI is InChI=1S/C17H11F5N2O2S/c18-12-13(19)15(21)17(16(22)14(12)20)27(25,26)24(11-5-6-11)8-10-3-1-9(7-23)2-4-10/h1-4,11H,5-6,8H2. The van der Waals surface area contributed by atoms with E-state index in [0.29, 0.717) is 28.3 Å². The minimum absolute atomic E-state index is 0.319. The summed E-state index contributed by atoms with van der Waals surface area (Å²) in [5.41, 5.74) is 0.715. The Hall–Kier alpha value is -2.51. The van der Waals surface area contributed by atoms with Gasteiger partial charge in [-0.3, -0.25) is 0 Å². The van der Waals surface area contributed by atoms with E-state index in [1.54, 1.807) is 0 Å². The molecule has 10 heteroatoms. The molecule has 0 radical (unpaired) electrons. The Morgan fingerprint density at radius 1 is 0.926 bits per heavy atom. The number of hydrogen-bond donors (Lipinski definition) is 0. The van der Waals surface area contributed by atoms with Crippen molar-refractivity contribution < 1.29 is 30.4 Å². The largest absolute Gasteiger partial charge is 0.249 e. The average molecular weight is 402 g/mol. The van der Waals surface area contributed by atoms with Crippen LogP contribution in [0.15, 0.2) is 29.2 Å². The minimum atomic E-state index is -5.00. The van der Waals surface area contributed by atoms with Crippen molar-refractivity contribution in [3.8, 4) is 6.07 Å². The first-order chi connectivity index (χ1) is 12.7. The van der Waals surface area contributed by atoms with Crippen molar-refractivity contribution in [1.82, 2.24) is 4.31 Å². The highest BCUT2D eigenvalue weighted by molar-refractivity contribution is 7.89. The summed E-state index contributed by atoms with van der Waals surface area (Å²) in [7, 11) is -5.00. The lowest BCUT2D eigenvalue weighted by Crippen LogP contribution is -2.34. The van der Waals surface area contributed by atoms with Gasteiger partial charge in [0.15, 0.2) is 28.2 Å². The molecule has 0 aliphatic heterocycles. The molecule has 3 rings (SSSR count). The minimum Gasteiger partial charge on any atom is -0.207 e. The highest BCUT2D eigenvalue weighted by atomic mass is 32.2. The molecule has 0 N–H and O–H groups in total. The van der Waals surface area contributed by atoms with Gasteiger partial charge in [-0.05, 0) is 30.5 Å². The first-order valence-corrected chi connectivity index (χ1v) is 9.14. The SMILES string of the molecule is N#Cc1ccc(CN(C2CC2)S(=O)(=O)c2c(F)c(F)c(F)c(F)c2F)cc1. The number of hydrogen-bond acceptors (Lipinski definition) is 3. The van der Waals surface area contributed by atoms with Crippen molar-refractivity contribution in [3.05, 3.63) is 64.5 Å².